The average molecular weight is 274 g/mol. The third kappa shape index (κ3) is 4.47. The number of anilines is 1. The van der Waals surface area contributed by atoms with Crippen molar-refractivity contribution in [2.75, 3.05) is 17.7 Å². The van der Waals surface area contributed by atoms with Gasteiger partial charge in [0.2, 0.25) is 0 Å². The molecule has 1 amide bonds. The van der Waals surface area contributed by atoms with E-state index in [1.165, 1.54) is 11.3 Å². The van der Waals surface area contributed by atoms with Crippen molar-refractivity contribution in [3.63, 3.8) is 0 Å². The zero-order valence-electron chi connectivity index (χ0n) is 10.3. The van der Waals surface area contributed by atoms with Crippen LogP contribution in [0, 0.1) is 6.92 Å². The second-order valence-electron chi connectivity index (χ2n) is 4.06. The van der Waals surface area contributed by atoms with Gasteiger partial charge in [-0.25, -0.2) is 0 Å². The van der Waals surface area contributed by atoms with Crippen LogP contribution in [0.15, 0.2) is 6.07 Å². The van der Waals surface area contributed by atoms with E-state index < -0.39 is 10.8 Å². The second-order valence-corrected chi connectivity index (χ2v) is 6.87. The van der Waals surface area contributed by atoms with Crippen molar-refractivity contribution in [2.24, 2.45) is 0 Å². The van der Waals surface area contributed by atoms with Crippen LogP contribution in [0.3, 0.4) is 0 Å². The quantitative estimate of drug-likeness (QED) is 0.855. The first-order chi connectivity index (χ1) is 7.90. The number of carbonyl (C=O) groups excluding carboxylic acids is 1. The molecule has 6 heteroatoms. The highest BCUT2D eigenvalue weighted by atomic mass is 32.2. The Morgan fingerprint density at radius 2 is 2.29 bits per heavy atom. The van der Waals surface area contributed by atoms with E-state index in [1.54, 1.807) is 12.3 Å². The normalized spacial score (nSPS) is 14.3. The third-order valence-electron chi connectivity index (χ3n) is 2.40. The van der Waals surface area contributed by atoms with Crippen molar-refractivity contribution in [2.45, 2.75) is 26.3 Å². The van der Waals surface area contributed by atoms with Crippen molar-refractivity contribution in [1.29, 1.82) is 0 Å². The Morgan fingerprint density at radius 3 is 2.76 bits per heavy atom. The van der Waals surface area contributed by atoms with Gasteiger partial charge in [0, 0.05) is 39.4 Å². The Morgan fingerprint density at radius 1 is 1.65 bits per heavy atom. The van der Waals surface area contributed by atoms with Crippen LogP contribution in [0.1, 0.15) is 27.9 Å². The highest BCUT2D eigenvalue weighted by Crippen LogP contribution is 2.23. The first-order valence-corrected chi connectivity index (χ1v) is 7.91. The van der Waals surface area contributed by atoms with Gasteiger partial charge in [0.1, 0.15) is 0 Å². The molecule has 2 atom stereocenters. The van der Waals surface area contributed by atoms with Gasteiger partial charge in [-0.2, -0.15) is 0 Å². The van der Waals surface area contributed by atoms with Crippen LogP contribution in [0.4, 0.5) is 5.69 Å². The molecule has 0 saturated heterocycles. The number of nitrogens with two attached hydrogens (primary N) is 1. The van der Waals surface area contributed by atoms with Crippen molar-refractivity contribution >= 4 is 33.7 Å². The predicted molar refractivity (Wildman–Crippen MR) is 73.9 cm³/mol. The van der Waals surface area contributed by atoms with E-state index >= 15 is 0 Å². The van der Waals surface area contributed by atoms with Crippen LogP contribution in [0.25, 0.3) is 0 Å². The predicted octanol–water partition coefficient (Wildman–Crippen LogP) is 1.53. The van der Waals surface area contributed by atoms with Gasteiger partial charge in [0.25, 0.3) is 5.91 Å². The SMILES string of the molecule is Cc1sc(C(=O)NC(C)CCS(C)=O)cc1N. The summed E-state index contributed by atoms with van der Waals surface area (Å²) in [6, 6.07) is 1.72. The third-order valence-corrected chi connectivity index (χ3v) is 4.27. The van der Waals surface area contributed by atoms with Crippen LogP contribution in [-0.4, -0.2) is 28.2 Å². The highest BCUT2D eigenvalue weighted by molar-refractivity contribution is 7.84. The van der Waals surface area contributed by atoms with E-state index in [1.807, 2.05) is 13.8 Å². The van der Waals surface area contributed by atoms with E-state index in [4.69, 9.17) is 5.73 Å². The molecule has 3 N–H and O–H groups in total. The Balaban J connectivity index is 2.51. The molecule has 4 nitrogen and oxygen atoms in total. The molecule has 0 bridgehead atoms. The maximum Gasteiger partial charge on any atom is 0.261 e. The second kappa shape index (κ2) is 6.16. The maximum absolute atomic E-state index is 11.8. The summed E-state index contributed by atoms with van der Waals surface area (Å²) in [5.41, 5.74) is 6.35. The van der Waals surface area contributed by atoms with Gasteiger partial charge in [-0.3, -0.25) is 9.00 Å². The number of rotatable bonds is 5. The van der Waals surface area contributed by atoms with Crippen LogP contribution in [-0.2, 0) is 10.8 Å². The summed E-state index contributed by atoms with van der Waals surface area (Å²) in [7, 11) is -0.814. The molecule has 0 aliphatic carbocycles. The molecule has 1 heterocycles. The summed E-state index contributed by atoms with van der Waals surface area (Å²) in [6.07, 6.45) is 2.38. The van der Waals surface area contributed by atoms with Crippen LogP contribution < -0.4 is 11.1 Å². The smallest absolute Gasteiger partial charge is 0.261 e. The minimum atomic E-state index is -0.814. The Kier molecular flexibility index (Phi) is 5.14. The van der Waals surface area contributed by atoms with Gasteiger partial charge in [-0.05, 0) is 26.3 Å². The largest absolute Gasteiger partial charge is 0.398 e. The van der Waals surface area contributed by atoms with Gasteiger partial charge in [-0.1, -0.05) is 0 Å². The number of nitrogen functional groups attached to an aromatic ring is 1. The summed E-state index contributed by atoms with van der Waals surface area (Å²) in [6.45, 7) is 3.80. The van der Waals surface area contributed by atoms with Crippen LogP contribution >= 0.6 is 11.3 Å². The fourth-order valence-corrected chi connectivity index (χ4v) is 2.85. The summed E-state index contributed by atoms with van der Waals surface area (Å²) in [4.78, 5) is 13.4. The van der Waals surface area contributed by atoms with Crippen LogP contribution in [0.5, 0.6) is 0 Å². The number of hydrogen-bond acceptors (Lipinski definition) is 4. The minimum Gasteiger partial charge on any atom is -0.398 e. The Labute approximate surface area is 108 Å². The molecule has 0 spiro atoms. The number of amides is 1. The topological polar surface area (TPSA) is 72.2 Å². The molecule has 0 saturated carbocycles. The molecule has 17 heavy (non-hydrogen) atoms. The van der Waals surface area contributed by atoms with E-state index in [0.717, 1.165) is 4.88 Å². The lowest BCUT2D eigenvalue weighted by molar-refractivity contribution is 0.0943. The molecule has 0 aromatic carbocycles. The molecule has 0 aliphatic rings. The van der Waals surface area contributed by atoms with E-state index in [-0.39, 0.29) is 11.9 Å². The lowest BCUT2D eigenvalue weighted by atomic mass is 10.2. The Bertz CT molecular complexity index is 410. The average Bonchev–Trinajstić information content (AvgIpc) is 2.56. The molecular formula is C11H18N2O2S2. The van der Waals surface area contributed by atoms with Crippen LogP contribution in [0.2, 0.25) is 0 Å². The summed E-state index contributed by atoms with van der Waals surface area (Å²) in [5, 5.41) is 2.87. The number of thiophene rings is 1. The van der Waals surface area contributed by atoms with Gasteiger partial charge in [-0.15, -0.1) is 11.3 Å². The lowest BCUT2D eigenvalue weighted by Crippen LogP contribution is -2.33. The molecule has 1 aromatic heterocycles. The van der Waals surface area contributed by atoms with E-state index in [2.05, 4.69) is 5.32 Å². The number of nitrogens with one attached hydrogen (secondary N) is 1. The fourth-order valence-electron chi connectivity index (χ4n) is 1.32. The first-order valence-electron chi connectivity index (χ1n) is 5.37. The molecule has 96 valence electrons. The van der Waals surface area contributed by atoms with Gasteiger partial charge in [0.05, 0.1) is 4.88 Å². The standard InChI is InChI=1S/C11H18N2O2S2/c1-7(4-5-17(3)15)13-11(14)10-6-9(12)8(2)16-10/h6-7H,4-5,12H2,1-3H3,(H,13,14). The lowest BCUT2D eigenvalue weighted by Gasteiger charge is -2.11. The molecule has 1 aromatic rings. The van der Waals surface area contributed by atoms with Crippen molar-refractivity contribution in [1.82, 2.24) is 5.32 Å². The van der Waals surface area contributed by atoms with Crippen molar-refractivity contribution < 1.29 is 9.00 Å². The Hall–Kier alpha value is -0.880. The molecule has 1 rings (SSSR count). The monoisotopic (exact) mass is 274 g/mol. The molecule has 0 fully saturated rings. The number of hydrogen-bond donors (Lipinski definition) is 2. The summed E-state index contributed by atoms with van der Waals surface area (Å²) >= 11 is 1.39. The van der Waals surface area contributed by atoms with Gasteiger partial charge < -0.3 is 11.1 Å². The fraction of sp³-hybridized carbons (Fsp3) is 0.545. The van der Waals surface area contributed by atoms with Gasteiger partial charge in [0.15, 0.2) is 0 Å². The molecular weight excluding hydrogens is 256 g/mol. The number of carbonyl (C=O) groups is 1. The highest BCUT2D eigenvalue weighted by Gasteiger charge is 2.13. The van der Waals surface area contributed by atoms with Crippen molar-refractivity contribution in [3.8, 4) is 0 Å². The van der Waals surface area contributed by atoms with E-state index in [0.29, 0.717) is 22.7 Å². The summed E-state index contributed by atoms with van der Waals surface area (Å²) < 4.78 is 10.9. The molecule has 2 unspecified atom stereocenters. The maximum atomic E-state index is 11.8. The first kappa shape index (κ1) is 14.2. The zero-order chi connectivity index (χ0) is 13.0. The zero-order valence-corrected chi connectivity index (χ0v) is 11.9. The van der Waals surface area contributed by atoms with Crippen molar-refractivity contribution in [3.05, 3.63) is 15.8 Å². The van der Waals surface area contributed by atoms with E-state index in [9.17, 15) is 9.00 Å². The summed E-state index contributed by atoms with van der Waals surface area (Å²) in [5.74, 6) is 0.497. The van der Waals surface area contributed by atoms with Gasteiger partial charge >= 0.3 is 0 Å². The minimum absolute atomic E-state index is 0.0232. The number of aryl methyl sites for hydroxylation is 1. The molecule has 0 radical (unpaired) electrons. The molecule has 0 aliphatic heterocycles.